The molecule has 148 valence electrons. The molecule has 2 heterocycles. The van der Waals surface area contributed by atoms with Gasteiger partial charge in [-0.25, -0.2) is 0 Å². The average Bonchev–Trinajstić information content (AvgIpc) is 3.21. The number of ether oxygens (including phenoxy) is 3. The Hall–Kier alpha value is -3.26. The molecule has 0 bridgehead atoms. The van der Waals surface area contributed by atoms with Gasteiger partial charge >= 0.3 is 0 Å². The van der Waals surface area contributed by atoms with Gasteiger partial charge in [-0.2, -0.15) is 0 Å². The third kappa shape index (κ3) is 4.78. The zero-order valence-electron chi connectivity index (χ0n) is 15.8. The highest BCUT2D eigenvalue weighted by molar-refractivity contribution is 7.99. The summed E-state index contributed by atoms with van der Waals surface area (Å²) in [5.74, 6) is 2.23. The molecule has 0 radical (unpaired) electrons. The summed E-state index contributed by atoms with van der Waals surface area (Å²) >= 11 is 1.32. The van der Waals surface area contributed by atoms with Crippen molar-refractivity contribution in [1.29, 1.82) is 0 Å². The fourth-order valence-electron chi connectivity index (χ4n) is 2.75. The van der Waals surface area contributed by atoms with Crippen LogP contribution in [0.5, 0.6) is 17.2 Å². The molecule has 4 rings (SSSR count). The lowest BCUT2D eigenvalue weighted by Gasteiger charge is -2.06. The van der Waals surface area contributed by atoms with Gasteiger partial charge in [0.1, 0.15) is 10.8 Å². The van der Waals surface area contributed by atoms with Gasteiger partial charge in [0, 0.05) is 17.3 Å². The first kappa shape index (κ1) is 19.1. The molecule has 0 spiro atoms. The molecule has 0 fully saturated rings. The van der Waals surface area contributed by atoms with Crippen LogP contribution in [0.1, 0.15) is 6.92 Å². The third-order valence-corrected chi connectivity index (χ3v) is 5.03. The zero-order valence-corrected chi connectivity index (χ0v) is 16.6. The van der Waals surface area contributed by atoms with Crippen LogP contribution in [0.3, 0.4) is 0 Å². The van der Waals surface area contributed by atoms with Crippen molar-refractivity contribution in [1.82, 2.24) is 10.2 Å². The molecule has 1 amide bonds. The second-order valence-electron chi connectivity index (χ2n) is 6.12. The standard InChI is InChI=1S/C21H19N3O4S/c1-2-26-16-6-3-14(4-7-16)17-8-10-21(24-23-17)29-12-20(25)22-15-5-9-18-19(11-15)28-13-27-18/h3-11H,2,12-13H2,1H3,(H,22,25). The SMILES string of the molecule is CCOc1ccc(-c2ccc(SCC(=O)Nc3ccc4c(c3)OCO4)nn2)cc1. The predicted molar refractivity (Wildman–Crippen MR) is 111 cm³/mol. The number of aromatic nitrogens is 2. The van der Waals surface area contributed by atoms with Crippen LogP contribution in [0.2, 0.25) is 0 Å². The molecule has 0 saturated heterocycles. The number of rotatable bonds is 7. The van der Waals surface area contributed by atoms with Crippen molar-refractivity contribution in [2.75, 3.05) is 24.5 Å². The van der Waals surface area contributed by atoms with Crippen molar-refractivity contribution in [3.05, 3.63) is 54.6 Å². The summed E-state index contributed by atoms with van der Waals surface area (Å²) in [6.45, 7) is 2.78. The van der Waals surface area contributed by atoms with Crippen LogP contribution in [0.4, 0.5) is 5.69 Å². The van der Waals surface area contributed by atoms with Crippen LogP contribution in [-0.4, -0.2) is 35.3 Å². The van der Waals surface area contributed by atoms with Gasteiger partial charge in [0.25, 0.3) is 0 Å². The molecule has 1 N–H and O–H groups in total. The molecule has 1 aliphatic rings. The largest absolute Gasteiger partial charge is 0.494 e. The molecule has 0 unspecified atom stereocenters. The maximum absolute atomic E-state index is 12.2. The van der Waals surface area contributed by atoms with Crippen molar-refractivity contribution in [2.24, 2.45) is 0 Å². The number of carbonyl (C=O) groups is 1. The second kappa shape index (κ2) is 8.83. The fraction of sp³-hybridized carbons (Fsp3) is 0.190. The topological polar surface area (TPSA) is 82.6 Å². The highest BCUT2D eigenvalue weighted by Gasteiger charge is 2.14. The molecular weight excluding hydrogens is 390 g/mol. The number of amides is 1. The highest BCUT2D eigenvalue weighted by atomic mass is 32.2. The number of hydrogen-bond acceptors (Lipinski definition) is 7. The lowest BCUT2D eigenvalue weighted by molar-refractivity contribution is -0.113. The van der Waals surface area contributed by atoms with E-state index in [0.29, 0.717) is 28.8 Å². The van der Waals surface area contributed by atoms with Crippen LogP contribution in [0.15, 0.2) is 59.6 Å². The van der Waals surface area contributed by atoms with E-state index in [1.54, 1.807) is 18.2 Å². The van der Waals surface area contributed by atoms with E-state index in [2.05, 4.69) is 15.5 Å². The Bertz CT molecular complexity index is 994. The van der Waals surface area contributed by atoms with E-state index < -0.39 is 0 Å². The summed E-state index contributed by atoms with van der Waals surface area (Å²) in [6, 6.07) is 16.8. The van der Waals surface area contributed by atoms with E-state index in [0.717, 1.165) is 17.0 Å². The van der Waals surface area contributed by atoms with Crippen LogP contribution in [0, 0.1) is 0 Å². The summed E-state index contributed by atoms with van der Waals surface area (Å²) < 4.78 is 16.0. The van der Waals surface area contributed by atoms with Crippen molar-refractivity contribution < 1.29 is 19.0 Å². The number of hydrogen-bond donors (Lipinski definition) is 1. The monoisotopic (exact) mass is 409 g/mol. The van der Waals surface area contributed by atoms with Crippen molar-refractivity contribution in [2.45, 2.75) is 11.9 Å². The molecule has 1 aliphatic heterocycles. The third-order valence-electron chi connectivity index (χ3n) is 4.11. The van der Waals surface area contributed by atoms with Gasteiger partial charge in [0.2, 0.25) is 12.7 Å². The Morgan fingerprint density at radius 1 is 1.07 bits per heavy atom. The first-order valence-corrected chi connectivity index (χ1v) is 10.1. The van der Waals surface area contributed by atoms with Crippen molar-refractivity contribution in [3.63, 3.8) is 0 Å². The molecule has 0 aliphatic carbocycles. The molecule has 2 aromatic carbocycles. The first-order valence-electron chi connectivity index (χ1n) is 9.10. The molecule has 8 heteroatoms. The minimum Gasteiger partial charge on any atom is -0.494 e. The molecule has 0 saturated carbocycles. The maximum atomic E-state index is 12.2. The Kier molecular flexibility index (Phi) is 5.81. The zero-order chi connectivity index (χ0) is 20.1. The summed E-state index contributed by atoms with van der Waals surface area (Å²) in [5.41, 5.74) is 2.39. The van der Waals surface area contributed by atoms with Crippen LogP contribution >= 0.6 is 11.8 Å². The number of nitrogens with zero attached hydrogens (tertiary/aromatic N) is 2. The summed E-state index contributed by atoms with van der Waals surface area (Å²) in [4.78, 5) is 12.2. The van der Waals surface area contributed by atoms with E-state index in [9.17, 15) is 4.79 Å². The quantitative estimate of drug-likeness (QED) is 0.591. The number of benzene rings is 2. The summed E-state index contributed by atoms with van der Waals surface area (Å²) in [5, 5.41) is 12.0. The number of thioether (sulfide) groups is 1. The van der Waals surface area contributed by atoms with E-state index >= 15 is 0 Å². The van der Waals surface area contributed by atoms with Crippen molar-refractivity contribution >= 4 is 23.4 Å². The fourth-order valence-corrected chi connectivity index (χ4v) is 3.36. The first-order chi connectivity index (χ1) is 14.2. The molecule has 7 nitrogen and oxygen atoms in total. The van der Waals surface area contributed by atoms with Gasteiger partial charge in [-0.15, -0.1) is 10.2 Å². The van der Waals surface area contributed by atoms with Gasteiger partial charge in [0.05, 0.1) is 18.1 Å². The van der Waals surface area contributed by atoms with E-state index in [1.807, 2.05) is 43.3 Å². The van der Waals surface area contributed by atoms with E-state index in [1.165, 1.54) is 11.8 Å². The normalized spacial score (nSPS) is 11.9. The van der Waals surface area contributed by atoms with Crippen LogP contribution in [0.25, 0.3) is 11.3 Å². The minimum atomic E-state index is -0.133. The van der Waals surface area contributed by atoms with Gasteiger partial charge in [-0.3, -0.25) is 4.79 Å². The summed E-state index contributed by atoms with van der Waals surface area (Å²) in [6.07, 6.45) is 0. The minimum absolute atomic E-state index is 0.133. The molecule has 1 aromatic heterocycles. The highest BCUT2D eigenvalue weighted by Crippen LogP contribution is 2.34. The Labute approximate surface area is 172 Å². The van der Waals surface area contributed by atoms with E-state index in [-0.39, 0.29) is 18.5 Å². The van der Waals surface area contributed by atoms with Crippen LogP contribution in [-0.2, 0) is 4.79 Å². The van der Waals surface area contributed by atoms with Crippen LogP contribution < -0.4 is 19.5 Å². The predicted octanol–water partition coefficient (Wildman–Crippen LogP) is 4.00. The number of nitrogens with one attached hydrogen (secondary N) is 1. The molecular formula is C21H19N3O4S. The Morgan fingerprint density at radius 3 is 2.66 bits per heavy atom. The van der Waals surface area contributed by atoms with Crippen molar-refractivity contribution in [3.8, 4) is 28.5 Å². The molecule has 29 heavy (non-hydrogen) atoms. The lowest BCUT2D eigenvalue weighted by atomic mass is 10.1. The number of carbonyl (C=O) groups excluding carboxylic acids is 1. The summed E-state index contributed by atoms with van der Waals surface area (Å²) in [7, 11) is 0. The number of fused-ring (bicyclic) bond motifs is 1. The smallest absolute Gasteiger partial charge is 0.234 e. The van der Waals surface area contributed by atoms with Gasteiger partial charge in [-0.1, -0.05) is 11.8 Å². The lowest BCUT2D eigenvalue weighted by Crippen LogP contribution is -2.14. The van der Waals surface area contributed by atoms with Gasteiger partial charge < -0.3 is 19.5 Å². The average molecular weight is 409 g/mol. The molecule has 0 atom stereocenters. The maximum Gasteiger partial charge on any atom is 0.234 e. The Morgan fingerprint density at radius 2 is 1.90 bits per heavy atom. The molecule has 3 aromatic rings. The van der Waals surface area contributed by atoms with Gasteiger partial charge in [0.15, 0.2) is 11.5 Å². The second-order valence-corrected chi connectivity index (χ2v) is 7.11. The number of anilines is 1. The Balaban J connectivity index is 1.31. The van der Waals surface area contributed by atoms with E-state index in [4.69, 9.17) is 14.2 Å². The van der Waals surface area contributed by atoms with Gasteiger partial charge in [-0.05, 0) is 55.5 Å².